The lowest BCUT2D eigenvalue weighted by Crippen LogP contribution is -2.45. The average molecular weight is 594 g/mol. The van der Waals surface area contributed by atoms with Crippen molar-refractivity contribution in [3.05, 3.63) is 62.8 Å². The molecule has 2 saturated heterocycles. The number of halogens is 2. The number of hydrogen-bond acceptors (Lipinski definition) is 8. The van der Waals surface area contributed by atoms with E-state index in [4.69, 9.17) is 4.74 Å². The summed E-state index contributed by atoms with van der Waals surface area (Å²) < 4.78 is 39.0. The molecule has 7 rings (SSSR count). The number of aromatic carboxylic acids is 1. The van der Waals surface area contributed by atoms with E-state index >= 15 is 4.39 Å². The lowest BCUT2D eigenvalue weighted by Gasteiger charge is -2.37. The van der Waals surface area contributed by atoms with Crippen molar-refractivity contribution in [2.45, 2.75) is 44.4 Å². The number of rotatable bonds is 7. The molecule has 2 aliphatic heterocycles. The van der Waals surface area contributed by atoms with Gasteiger partial charge in [-0.2, -0.15) is 0 Å². The highest BCUT2D eigenvalue weighted by molar-refractivity contribution is 5.97. The molecule has 0 radical (unpaired) electrons. The molecule has 2 aromatic carbocycles. The van der Waals surface area contributed by atoms with E-state index in [1.165, 1.54) is 31.5 Å². The minimum Gasteiger partial charge on any atom is -0.493 e. The highest BCUT2D eigenvalue weighted by Crippen LogP contribution is 2.46. The van der Waals surface area contributed by atoms with E-state index < -0.39 is 28.6 Å². The number of benzene rings is 2. The maximum Gasteiger partial charge on any atom is 0.341 e. The number of anilines is 1. The molecule has 3 fully saturated rings. The van der Waals surface area contributed by atoms with Gasteiger partial charge in [-0.3, -0.25) is 14.3 Å². The van der Waals surface area contributed by atoms with Crippen molar-refractivity contribution in [1.29, 1.82) is 0 Å². The van der Waals surface area contributed by atoms with Crippen LogP contribution in [0.5, 0.6) is 11.6 Å². The number of likely N-dealkylation sites (tertiary alicyclic amines) is 1. The predicted molar refractivity (Wildman–Crippen MR) is 154 cm³/mol. The van der Waals surface area contributed by atoms with Gasteiger partial charge < -0.3 is 24.4 Å². The molecule has 0 unspecified atom stereocenters. The smallest absolute Gasteiger partial charge is 0.341 e. The lowest BCUT2D eigenvalue weighted by atomic mass is 9.92. The van der Waals surface area contributed by atoms with Gasteiger partial charge in [0.25, 0.3) is 0 Å². The van der Waals surface area contributed by atoms with E-state index in [-0.39, 0.29) is 58.4 Å². The molecule has 11 nitrogen and oxygen atoms in total. The Kier molecular flexibility index (Phi) is 6.38. The number of methoxy groups -OCH3 is 1. The molecule has 43 heavy (non-hydrogen) atoms. The number of nitrogens with zero attached hydrogens (tertiary/aromatic N) is 5. The van der Waals surface area contributed by atoms with Gasteiger partial charge in [0.2, 0.25) is 11.3 Å². The number of hydrogen-bond donors (Lipinski definition) is 2. The summed E-state index contributed by atoms with van der Waals surface area (Å²) in [5.41, 5.74) is -0.301. The van der Waals surface area contributed by atoms with Gasteiger partial charge >= 0.3 is 5.97 Å². The van der Waals surface area contributed by atoms with Crippen LogP contribution in [0, 0.1) is 22.5 Å². The molecule has 4 aromatic rings. The summed E-state index contributed by atoms with van der Waals surface area (Å²) in [7, 11) is 1.42. The molecule has 0 spiro atoms. The van der Waals surface area contributed by atoms with E-state index in [9.17, 15) is 29.1 Å². The first kappa shape index (κ1) is 27.3. The number of carboxylic acids is 1. The highest BCUT2D eigenvalue weighted by atomic mass is 19.1. The first-order chi connectivity index (χ1) is 20.7. The maximum atomic E-state index is 16.0. The summed E-state index contributed by atoms with van der Waals surface area (Å²) in [6.45, 7) is 1.86. The molecule has 224 valence electrons. The molecular formula is C30H29F2N5O6. The second kappa shape index (κ2) is 10.0. The summed E-state index contributed by atoms with van der Waals surface area (Å²) in [5.74, 6) is -2.58. The molecule has 4 heterocycles. The predicted octanol–water partition coefficient (Wildman–Crippen LogP) is 4.94. The van der Waals surface area contributed by atoms with Gasteiger partial charge in [-0.05, 0) is 61.0 Å². The molecule has 13 heteroatoms. The van der Waals surface area contributed by atoms with Crippen molar-refractivity contribution in [2.75, 3.05) is 31.6 Å². The van der Waals surface area contributed by atoms with Gasteiger partial charge in [0.05, 0.1) is 30.2 Å². The van der Waals surface area contributed by atoms with Crippen molar-refractivity contribution in [3.63, 3.8) is 0 Å². The van der Waals surface area contributed by atoms with E-state index in [0.717, 1.165) is 31.7 Å². The normalized spacial score (nSPS) is 20.6. The average Bonchev–Trinajstić information content (AvgIpc) is 3.68. The highest BCUT2D eigenvalue weighted by Gasteiger charge is 2.42. The minimum atomic E-state index is -1.36. The van der Waals surface area contributed by atoms with Gasteiger partial charge in [-0.1, -0.05) is 0 Å². The molecule has 1 saturated carbocycles. The maximum absolute atomic E-state index is 16.0. The molecule has 3 aliphatic rings. The largest absolute Gasteiger partial charge is 0.493 e. The zero-order valence-electron chi connectivity index (χ0n) is 23.3. The third-order valence-corrected chi connectivity index (χ3v) is 9.17. The number of aromatic hydroxyl groups is 1. The van der Waals surface area contributed by atoms with Crippen LogP contribution < -0.4 is 15.1 Å². The van der Waals surface area contributed by atoms with E-state index in [0.29, 0.717) is 30.7 Å². The van der Waals surface area contributed by atoms with Gasteiger partial charge in [0, 0.05) is 43.3 Å². The Morgan fingerprint density at radius 3 is 2.63 bits per heavy atom. The zero-order chi connectivity index (χ0) is 30.2. The minimum absolute atomic E-state index is 0.00615. The number of ether oxygens (including phenoxy) is 1. The molecule has 0 amide bonds. The van der Waals surface area contributed by atoms with Crippen molar-refractivity contribution in [3.8, 4) is 11.6 Å². The quantitative estimate of drug-likeness (QED) is 0.289. The number of fused-ring (bicyclic) bond motifs is 3. The summed E-state index contributed by atoms with van der Waals surface area (Å²) in [6.07, 6.45) is 4.71. The van der Waals surface area contributed by atoms with Crippen LogP contribution in [-0.4, -0.2) is 63.0 Å². The molecule has 2 atom stereocenters. The summed E-state index contributed by atoms with van der Waals surface area (Å²) in [5, 5.41) is 23.6. The molecular weight excluding hydrogens is 564 g/mol. The SMILES string of the molecule is COc1c(N2C[C@@H]3CCCN(Cn4c(O)c(N=O)c5cc(F)ccc54)[C@@H]3C2)c(F)cc2c(=O)c(C(=O)O)cn(C3CC3)c12. The summed E-state index contributed by atoms with van der Waals surface area (Å²) >= 11 is 0. The van der Waals surface area contributed by atoms with Gasteiger partial charge in [0.15, 0.2) is 17.3 Å². The van der Waals surface area contributed by atoms with Gasteiger partial charge in [-0.15, -0.1) is 4.91 Å². The van der Waals surface area contributed by atoms with Crippen molar-refractivity contribution in [1.82, 2.24) is 14.0 Å². The van der Waals surface area contributed by atoms with Crippen LogP contribution in [0.4, 0.5) is 20.2 Å². The standard InChI is InChI=1S/C30H29F2N5O6/c1-43-28-25-19(27(38)20(30(40)41)12-36(25)17-5-6-17)10-21(32)26(28)35-11-15-3-2-8-34(23(15)13-35)14-37-22-7-4-16(31)9-18(22)24(33-42)29(37)39/h4,7,9-10,12,15,17,23,39H,2-3,5-6,8,11,13-14H2,1H3,(H,40,41)/t15-,23+/m0/s1. The fourth-order valence-electron chi connectivity index (χ4n) is 7.07. The van der Waals surface area contributed by atoms with Crippen LogP contribution in [0.25, 0.3) is 21.8 Å². The Bertz CT molecular complexity index is 1880. The number of pyridine rings is 1. The van der Waals surface area contributed by atoms with Crippen LogP contribution in [0.15, 0.2) is 40.4 Å². The monoisotopic (exact) mass is 593 g/mol. The molecule has 2 N–H and O–H groups in total. The second-order valence-corrected chi connectivity index (χ2v) is 11.6. The van der Waals surface area contributed by atoms with Gasteiger partial charge in [-0.25, -0.2) is 13.6 Å². The Hall–Kier alpha value is -4.52. The van der Waals surface area contributed by atoms with Crippen LogP contribution in [0.1, 0.15) is 42.1 Å². The van der Waals surface area contributed by atoms with Crippen LogP contribution in [-0.2, 0) is 6.67 Å². The van der Waals surface area contributed by atoms with Crippen molar-refractivity contribution in [2.24, 2.45) is 11.1 Å². The first-order valence-corrected chi connectivity index (χ1v) is 14.2. The van der Waals surface area contributed by atoms with E-state index in [2.05, 4.69) is 10.1 Å². The second-order valence-electron chi connectivity index (χ2n) is 11.6. The zero-order valence-corrected chi connectivity index (χ0v) is 23.3. The van der Waals surface area contributed by atoms with Crippen LogP contribution in [0.3, 0.4) is 0 Å². The first-order valence-electron chi connectivity index (χ1n) is 14.2. The van der Waals surface area contributed by atoms with Gasteiger partial charge in [0.1, 0.15) is 17.1 Å². The Morgan fingerprint density at radius 2 is 1.93 bits per heavy atom. The summed E-state index contributed by atoms with van der Waals surface area (Å²) in [6, 6.07) is 5.02. The number of carboxylic acid groups (broad SMARTS) is 1. The van der Waals surface area contributed by atoms with Crippen LogP contribution >= 0.6 is 0 Å². The molecule has 0 bridgehead atoms. The van der Waals surface area contributed by atoms with E-state index in [1.54, 1.807) is 9.13 Å². The molecule has 2 aromatic heterocycles. The third kappa shape index (κ3) is 4.24. The van der Waals surface area contributed by atoms with E-state index in [1.807, 2.05) is 4.90 Å². The fraction of sp³-hybridized carbons (Fsp3) is 0.400. The third-order valence-electron chi connectivity index (χ3n) is 9.17. The number of aromatic nitrogens is 2. The Morgan fingerprint density at radius 1 is 1.14 bits per heavy atom. The number of piperidine rings is 1. The number of nitroso groups, excluding NO2 is 1. The fourth-order valence-corrected chi connectivity index (χ4v) is 7.07. The van der Waals surface area contributed by atoms with Crippen molar-refractivity contribution >= 4 is 39.1 Å². The van der Waals surface area contributed by atoms with Crippen molar-refractivity contribution < 1.29 is 28.5 Å². The number of carbonyl (C=O) groups is 1. The molecule has 1 aliphatic carbocycles. The Labute approximate surface area is 243 Å². The summed E-state index contributed by atoms with van der Waals surface area (Å²) in [4.78, 5) is 40.5. The topological polar surface area (TPSA) is 130 Å². The van der Waals surface area contributed by atoms with Crippen LogP contribution in [0.2, 0.25) is 0 Å². The Balaban J connectivity index is 1.27. The lowest BCUT2D eigenvalue weighted by molar-refractivity contribution is 0.0694.